The number of hydrogen-bond donors (Lipinski definition) is 1. The third kappa shape index (κ3) is 5.95. The molecule has 0 atom stereocenters. The summed E-state index contributed by atoms with van der Waals surface area (Å²) >= 11 is 0. The van der Waals surface area contributed by atoms with Crippen molar-refractivity contribution >= 4 is 17.7 Å². The highest BCUT2D eigenvalue weighted by Crippen LogP contribution is 2.20. The van der Waals surface area contributed by atoms with Gasteiger partial charge in [-0.25, -0.2) is 9.97 Å². The van der Waals surface area contributed by atoms with E-state index in [9.17, 15) is 4.79 Å². The maximum absolute atomic E-state index is 12.1. The van der Waals surface area contributed by atoms with Crippen molar-refractivity contribution in [1.82, 2.24) is 9.97 Å². The molecule has 0 radical (unpaired) electrons. The second-order valence-electron chi connectivity index (χ2n) is 5.90. The van der Waals surface area contributed by atoms with Crippen LogP contribution in [0.1, 0.15) is 18.9 Å². The van der Waals surface area contributed by atoms with Crippen LogP contribution in [0.5, 0.6) is 17.5 Å². The number of carbonyl (C=O) groups excluding carboxylic acids is 1. The highest BCUT2D eigenvalue weighted by atomic mass is 16.5. The predicted molar refractivity (Wildman–Crippen MR) is 108 cm³/mol. The van der Waals surface area contributed by atoms with Crippen molar-refractivity contribution in [1.29, 1.82) is 0 Å². The van der Waals surface area contributed by atoms with E-state index in [1.807, 2.05) is 24.3 Å². The van der Waals surface area contributed by atoms with Crippen LogP contribution in [0.4, 0.5) is 5.69 Å². The molecule has 1 aromatic heterocycles. The van der Waals surface area contributed by atoms with Gasteiger partial charge in [0.2, 0.25) is 5.91 Å². The van der Waals surface area contributed by atoms with Crippen LogP contribution in [-0.4, -0.2) is 22.5 Å². The Bertz CT molecular complexity index is 908. The number of nitrogens with one attached hydrogen (secondary N) is 1. The molecule has 28 heavy (non-hydrogen) atoms. The topological polar surface area (TPSA) is 73.3 Å². The molecule has 0 saturated carbocycles. The van der Waals surface area contributed by atoms with E-state index in [2.05, 4.69) is 22.2 Å². The van der Waals surface area contributed by atoms with Gasteiger partial charge in [-0.15, -0.1) is 0 Å². The average Bonchev–Trinajstić information content (AvgIpc) is 2.74. The average molecular weight is 375 g/mol. The van der Waals surface area contributed by atoms with E-state index in [1.54, 1.807) is 48.8 Å². The normalized spacial score (nSPS) is 10.6. The van der Waals surface area contributed by atoms with Crippen molar-refractivity contribution in [3.63, 3.8) is 0 Å². The minimum atomic E-state index is -0.216. The lowest BCUT2D eigenvalue weighted by atomic mass is 10.2. The van der Waals surface area contributed by atoms with Gasteiger partial charge in [-0.05, 0) is 60.5 Å². The number of carbonyl (C=O) groups is 1. The monoisotopic (exact) mass is 375 g/mol. The van der Waals surface area contributed by atoms with Crippen LogP contribution in [0.3, 0.4) is 0 Å². The lowest BCUT2D eigenvalue weighted by Crippen LogP contribution is -2.07. The Morgan fingerprint density at radius 3 is 2.36 bits per heavy atom. The van der Waals surface area contributed by atoms with E-state index in [4.69, 9.17) is 9.47 Å². The number of anilines is 1. The van der Waals surface area contributed by atoms with Gasteiger partial charge in [0.05, 0.1) is 6.61 Å². The lowest BCUT2D eigenvalue weighted by molar-refractivity contribution is -0.111. The quantitative estimate of drug-likeness (QED) is 0.577. The van der Waals surface area contributed by atoms with Crippen molar-refractivity contribution in [2.75, 3.05) is 11.9 Å². The van der Waals surface area contributed by atoms with E-state index >= 15 is 0 Å². The molecule has 6 heteroatoms. The first-order chi connectivity index (χ1) is 13.7. The summed E-state index contributed by atoms with van der Waals surface area (Å²) in [5.74, 6) is 1.20. The Labute approximate surface area is 163 Å². The molecule has 0 unspecified atom stereocenters. The first kappa shape index (κ1) is 19.1. The Morgan fingerprint density at radius 2 is 1.68 bits per heavy atom. The number of benzene rings is 2. The zero-order valence-corrected chi connectivity index (χ0v) is 15.5. The Balaban J connectivity index is 1.52. The van der Waals surface area contributed by atoms with Crippen molar-refractivity contribution < 1.29 is 14.3 Å². The maximum Gasteiger partial charge on any atom is 0.321 e. The summed E-state index contributed by atoms with van der Waals surface area (Å²) in [5, 5.41) is 2.81. The van der Waals surface area contributed by atoms with Gasteiger partial charge in [0, 0.05) is 24.2 Å². The fourth-order valence-electron chi connectivity index (χ4n) is 2.30. The molecule has 0 fully saturated rings. The zero-order valence-electron chi connectivity index (χ0n) is 15.5. The van der Waals surface area contributed by atoms with Crippen LogP contribution in [0, 0.1) is 0 Å². The van der Waals surface area contributed by atoms with Gasteiger partial charge in [0.25, 0.3) is 0 Å². The maximum atomic E-state index is 12.1. The smallest absolute Gasteiger partial charge is 0.321 e. The largest absolute Gasteiger partial charge is 0.494 e. The molecule has 6 nitrogen and oxygen atoms in total. The second kappa shape index (κ2) is 9.87. The number of aromatic nitrogens is 2. The summed E-state index contributed by atoms with van der Waals surface area (Å²) in [6.07, 6.45) is 7.42. The zero-order chi connectivity index (χ0) is 19.6. The first-order valence-corrected chi connectivity index (χ1v) is 9.00. The molecular weight excluding hydrogens is 354 g/mol. The van der Waals surface area contributed by atoms with Crippen molar-refractivity contribution in [2.45, 2.75) is 13.3 Å². The van der Waals surface area contributed by atoms with Crippen LogP contribution >= 0.6 is 0 Å². The Kier molecular flexibility index (Phi) is 6.73. The van der Waals surface area contributed by atoms with Crippen molar-refractivity contribution in [3.05, 3.63) is 78.6 Å². The van der Waals surface area contributed by atoms with Crippen LogP contribution in [-0.2, 0) is 4.79 Å². The van der Waals surface area contributed by atoms with Crippen LogP contribution in [0.2, 0.25) is 0 Å². The third-order valence-corrected chi connectivity index (χ3v) is 3.65. The van der Waals surface area contributed by atoms with Gasteiger partial charge in [-0.2, -0.15) is 0 Å². The Morgan fingerprint density at radius 1 is 1.00 bits per heavy atom. The summed E-state index contributed by atoms with van der Waals surface area (Å²) in [4.78, 5) is 20.1. The summed E-state index contributed by atoms with van der Waals surface area (Å²) in [6, 6.07) is 16.6. The standard InChI is InChI=1S/C22H21N3O3/c1-2-16-27-19-9-4-17(5-10-19)6-13-21(26)25-18-7-11-20(12-8-18)28-22-23-14-3-15-24-22/h3-15H,2,16H2,1H3,(H,25,26). The van der Waals surface area contributed by atoms with Gasteiger partial charge in [-0.3, -0.25) is 4.79 Å². The van der Waals surface area contributed by atoms with E-state index in [0.29, 0.717) is 18.0 Å². The van der Waals surface area contributed by atoms with E-state index in [-0.39, 0.29) is 11.9 Å². The summed E-state index contributed by atoms with van der Waals surface area (Å²) < 4.78 is 11.1. The molecule has 0 aliphatic rings. The molecule has 2 aromatic carbocycles. The molecule has 0 saturated heterocycles. The van der Waals surface area contributed by atoms with Crippen molar-refractivity contribution in [2.24, 2.45) is 0 Å². The molecular formula is C22H21N3O3. The second-order valence-corrected chi connectivity index (χ2v) is 5.90. The van der Waals surface area contributed by atoms with E-state index in [1.165, 1.54) is 6.08 Å². The number of rotatable bonds is 8. The van der Waals surface area contributed by atoms with E-state index < -0.39 is 0 Å². The molecule has 3 aromatic rings. The molecule has 1 heterocycles. The third-order valence-electron chi connectivity index (χ3n) is 3.65. The van der Waals surface area contributed by atoms with Gasteiger partial charge < -0.3 is 14.8 Å². The summed E-state index contributed by atoms with van der Waals surface area (Å²) in [6.45, 7) is 2.76. The molecule has 142 valence electrons. The van der Waals surface area contributed by atoms with Crippen LogP contribution in [0.25, 0.3) is 6.08 Å². The molecule has 0 spiro atoms. The Hall–Kier alpha value is -3.67. The fraction of sp³-hybridized carbons (Fsp3) is 0.136. The molecule has 3 rings (SSSR count). The molecule has 0 bridgehead atoms. The fourth-order valence-corrected chi connectivity index (χ4v) is 2.30. The molecule has 1 amide bonds. The van der Waals surface area contributed by atoms with E-state index in [0.717, 1.165) is 17.7 Å². The van der Waals surface area contributed by atoms with Gasteiger partial charge in [0.15, 0.2) is 0 Å². The summed E-state index contributed by atoms with van der Waals surface area (Å²) in [7, 11) is 0. The lowest BCUT2D eigenvalue weighted by Gasteiger charge is -2.06. The molecule has 1 N–H and O–H groups in total. The highest BCUT2D eigenvalue weighted by molar-refractivity contribution is 6.01. The van der Waals surface area contributed by atoms with Crippen LogP contribution in [0.15, 0.2) is 73.1 Å². The SMILES string of the molecule is CCCOc1ccc(C=CC(=O)Nc2ccc(Oc3ncccn3)cc2)cc1. The molecule has 0 aliphatic heterocycles. The highest BCUT2D eigenvalue weighted by Gasteiger charge is 2.02. The minimum Gasteiger partial charge on any atom is -0.494 e. The van der Waals surface area contributed by atoms with Crippen LogP contribution < -0.4 is 14.8 Å². The number of ether oxygens (including phenoxy) is 2. The van der Waals surface area contributed by atoms with Crippen molar-refractivity contribution in [3.8, 4) is 17.5 Å². The molecule has 0 aliphatic carbocycles. The van der Waals surface area contributed by atoms with Gasteiger partial charge in [0.1, 0.15) is 11.5 Å². The number of hydrogen-bond acceptors (Lipinski definition) is 5. The predicted octanol–water partition coefficient (Wildman–Crippen LogP) is 4.71. The number of amides is 1. The number of nitrogens with zero attached hydrogens (tertiary/aromatic N) is 2. The van der Waals surface area contributed by atoms with Gasteiger partial charge in [-0.1, -0.05) is 19.1 Å². The summed E-state index contributed by atoms with van der Waals surface area (Å²) in [5.41, 5.74) is 1.59. The first-order valence-electron chi connectivity index (χ1n) is 9.00. The minimum absolute atomic E-state index is 0.216. The van der Waals surface area contributed by atoms with Gasteiger partial charge >= 0.3 is 6.01 Å².